The van der Waals surface area contributed by atoms with Gasteiger partial charge in [-0.1, -0.05) is 18.2 Å². The summed E-state index contributed by atoms with van der Waals surface area (Å²) in [7, 11) is 6.28. The van der Waals surface area contributed by atoms with E-state index in [1.54, 1.807) is 45.5 Å². The molecule has 3 aromatic rings. The average molecular weight is 522 g/mol. The molecule has 10 heteroatoms. The van der Waals surface area contributed by atoms with Gasteiger partial charge in [0, 0.05) is 25.2 Å². The zero-order chi connectivity index (χ0) is 27.2. The standard InChI is InChI=1S/C28H31N3O7/c1-35-23-9-8-18(14-24(23)36-2)10-12-29-28(32)30-13-11-19-16-25(37-3)26(38-4)17-22(19)27(30)20-6-5-7-21(15-20)31(33)34/h5-9,14-17,27H,10-13H2,1-4H3,(H,29,32). The molecular weight excluding hydrogens is 490 g/mol. The minimum atomic E-state index is -0.542. The number of nitrogens with zero attached hydrogens (tertiary/aromatic N) is 2. The van der Waals surface area contributed by atoms with E-state index < -0.39 is 11.0 Å². The number of non-ortho nitro benzene ring substituents is 1. The van der Waals surface area contributed by atoms with Crippen LogP contribution in [0.25, 0.3) is 0 Å². The van der Waals surface area contributed by atoms with Gasteiger partial charge in [0.05, 0.1) is 39.4 Å². The Morgan fingerprint density at radius 3 is 2.32 bits per heavy atom. The molecule has 0 radical (unpaired) electrons. The van der Waals surface area contributed by atoms with Gasteiger partial charge in [-0.05, 0) is 59.4 Å². The summed E-state index contributed by atoms with van der Waals surface area (Å²) in [4.78, 5) is 26.3. The zero-order valence-corrected chi connectivity index (χ0v) is 21.9. The van der Waals surface area contributed by atoms with E-state index in [2.05, 4.69) is 5.32 Å². The number of amides is 2. The quantitative estimate of drug-likeness (QED) is 0.325. The van der Waals surface area contributed by atoms with Crippen molar-refractivity contribution >= 4 is 11.7 Å². The lowest BCUT2D eigenvalue weighted by molar-refractivity contribution is -0.384. The Bertz CT molecular complexity index is 1330. The first-order valence-corrected chi connectivity index (χ1v) is 12.1. The summed E-state index contributed by atoms with van der Waals surface area (Å²) in [5, 5.41) is 14.5. The van der Waals surface area contributed by atoms with Crippen LogP contribution in [0.15, 0.2) is 54.6 Å². The molecule has 4 rings (SSSR count). The first-order chi connectivity index (χ1) is 18.4. The van der Waals surface area contributed by atoms with Gasteiger partial charge in [-0.3, -0.25) is 10.1 Å². The smallest absolute Gasteiger partial charge is 0.318 e. The van der Waals surface area contributed by atoms with Crippen molar-refractivity contribution in [1.82, 2.24) is 10.2 Å². The molecule has 1 unspecified atom stereocenters. The molecule has 3 aromatic carbocycles. The Labute approximate surface area is 221 Å². The van der Waals surface area contributed by atoms with E-state index in [1.807, 2.05) is 30.3 Å². The highest BCUT2D eigenvalue weighted by molar-refractivity contribution is 5.76. The molecule has 0 spiro atoms. The van der Waals surface area contributed by atoms with Crippen LogP contribution in [-0.2, 0) is 12.8 Å². The Hall–Kier alpha value is -4.47. The molecule has 1 aliphatic heterocycles. The molecule has 0 aromatic heterocycles. The van der Waals surface area contributed by atoms with Gasteiger partial charge in [-0.25, -0.2) is 4.79 Å². The predicted molar refractivity (Wildman–Crippen MR) is 142 cm³/mol. The normalized spacial score (nSPS) is 14.3. The first kappa shape index (κ1) is 26.6. The van der Waals surface area contributed by atoms with Crippen LogP contribution in [0.3, 0.4) is 0 Å². The van der Waals surface area contributed by atoms with Gasteiger partial charge in [0.15, 0.2) is 23.0 Å². The second kappa shape index (κ2) is 11.7. The van der Waals surface area contributed by atoms with E-state index in [9.17, 15) is 14.9 Å². The third-order valence-electron chi connectivity index (χ3n) is 6.67. The second-order valence-corrected chi connectivity index (χ2v) is 8.78. The maximum absolute atomic E-state index is 13.5. The van der Waals surface area contributed by atoms with E-state index >= 15 is 0 Å². The van der Waals surface area contributed by atoms with Crippen LogP contribution in [0, 0.1) is 10.1 Å². The summed E-state index contributed by atoms with van der Waals surface area (Å²) in [6.45, 7) is 0.823. The fraction of sp³-hybridized carbons (Fsp3) is 0.321. The SMILES string of the molecule is COc1ccc(CCNC(=O)N2CCc3cc(OC)c(OC)cc3C2c2cccc([N+](=O)[O-])c2)cc1OC. The highest BCUT2D eigenvalue weighted by Gasteiger charge is 2.34. The maximum atomic E-state index is 13.5. The van der Waals surface area contributed by atoms with Gasteiger partial charge in [0.2, 0.25) is 0 Å². The highest BCUT2D eigenvalue weighted by Crippen LogP contribution is 2.41. The molecule has 1 aliphatic rings. The van der Waals surface area contributed by atoms with Crippen LogP contribution >= 0.6 is 0 Å². The van der Waals surface area contributed by atoms with Crippen LogP contribution in [0.1, 0.15) is 28.3 Å². The summed E-state index contributed by atoms with van der Waals surface area (Å²) in [5.74, 6) is 2.38. The Morgan fingerprint density at radius 1 is 0.947 bits per heavy atom. The average Bonchev–Trinajstić information content (AvgIpc) is 2.95. The number of fused-ring (bicyclic) bond motifs is 1. The minimum Gasteiger partial charge on any atom is -0.493 e. The number of carbonyl (C=O) groups excluding carboxylic acids is 1. The summed E-state index contributed by atoms with van der Waals surface area (Å²) < 4.78 is 21.7. The summed E-state index contributed by atoms with van der Waals surface area (Å²) in [6.07, 6.45) is 1.19. The van der Waals surface area contributed by atoms with Crippen LogP contribution in [0.5, 0.6) is 23.0 Å². The molecule has 1 N–H and O–H groups in total. The van der Waals surface area contributed by atoms with Crippen LogP contribution in [-0.4, -0.2) is 57.4 Å². The number of hydrogen-bond acceptors (Lipinski definition) is 7. The largest absolute Gasteiger partial charge is 0.493 e. The zero-order valence-electron chi connectivity index (χ0n) is 21.9. The first-order valence-electron chi connectivity index (χ1n) is 12.1. The van der Waals surface area contributed by atoms with Gasteiger partial charge in [-0.2, -0.15) is 0 Å². The number of ether oxygens (including phenoxy) is 4. The van der Waals surface area contributed by atoms with Crippen molar-refractivity contribution < 1.29 is 28.7 Å². The fourth-order valence-corrected chi connectivity index (χ4v) is 4.78. The predicted octanol–water partition coefficient (Wildman–Crippen LogP) is 4.53. The van der Waals surface area contributed by atoms with E-state index in [1.165, 1.54) is 12.1 Å². The van der Waals surface area contributed by atoms with Crippen molar-refractivity contribution in [1.29, 1.82) is 0 Å². The topological polar surface area (TPSA) is 112 Å². The Kier molecular flexibility index (Phi) is 8.20. The molecule has 2 amide bonds. The molecule has 10 nitrogen and oxygen atoms in total. The number of nitro benzene ring substituents is 1. The molecule has 1 atom stereocenters. The summed E-state index contributed by atoms with van der Waals surface area (Å²) in [6, 6.07) is 15.0. The number of carbonyl (C=O) groups is 1. The molecule has 38 heavy (non-hydrogen) atoms. The minimum absolute atomic E-state index is 0.0380. The number of nitrogens with one attached hydrogen (secondary N) is 1. The number of urea groups is 1. The van der Waals surface area contributed by atoms with E-state index in [0.717, 1.165) is 16.7 Å². The van der Waals surface area contributed by atoms with Crippen molar-refractivity contribution in [3.8, 4) is 23.0 Å². The number of benzene rings is 3. The van der Waals surface area contributed by atoms with Crippen LogP contribution in [0.4, 0.5) is 10.5 Å². The van der Waals surface area contributed by atoms with Crippen molar-refractivity contribution in [3.05, 3.63) is 87.0 Å². The van der Waals surface area contributed by atoms with E-state index in [4.69, 9.17) is 18.9 Å². The summed E-state index contributed by atoms with van der Waals surface area (Å²) >= 11 is 0. The molecule has 0 aliphatic carbocycles. The highest BCUT2D eigenvalue weighted by atomic mass is 16.6. The van der Waals surface area contributed by atoms with Crippen LogP contribution < -0.4 is 24.3 Å². The van der Waals surface area contributed by atoms with Crippen molar-refractivity contribution in [3.63, 3.8) is 0 Å². The molecule has 0 fully saturated rings. The third kappa shape index (κ3) is 5.44. The van der Waals surface area contributed by atoms with Gasteiger partial charge in [-0.15, -0.1) is 0 Å². The number of methoxy groups -OCH3 is 4. The second-order valence-electron chi connectivity index (χ2n) is 8.78. The molecule has 200 valence electrons. The monoisotopic (exact) mass is 521 g/mol. The lowest BCUT2D eigenvalue weighted by Crippen LogP contribution is -2.46. The molecule has 1 heterocycles. The van der Waals surface area contributed by atoms with Gasteiger partial charge in [0.1, 0.15) is 0 Å². The molecular formula is C28H31N3O7. The number of rotatable bonds is 9. The number of hydrogen-bond donors (Lipinski definition) is 1. The third-order valence-corrected chi connectivity index (χ3v) is 6.67. The van der Waals surface area contributed by atoms with E-state index in [0.29, 0.717) is 54.5 Å². The lowest BCUT2D eigenvalue weighted by atomic mass is 9.87. The van der Waals surface area contributed by atoms with Crippen LogP contribution in [0.2, 0.25) is 0 Å². The summed E-state index contributed by atoms with van der Waals surface area (Å²) in [5.41, 5.74) is 3.42. The Balaban J connectivity index is 1.61. The van der Waals surface area contributed by atoms with Crippen molar-refractivity contribution in [2.45, 2.75) is 18.9 Å². The van der Waals surface area contributed by atoms with Crippen molar-refractivity contribution in [2.24, 2.45) is 0 Å². The lowest BCUT2D eigenvalue weighted by Gasteiger charge is -2.38. The van der Waals surface area contributed by atoms with Gasteiger partial charge >= 0.3 is 6.03 Å². The molecule has 0 saturated carbocycles. The number of nitro groups is 1. The fourth-order valence-electron chi connectivity index (χ4n) is 4.78. The molecule has 0 saturated heterocycles. The van der Waals surface area contributed by atoms with Gasteiger partial charge in [0.25, 0.3) is 5.69 Å². The van der Waals surface area contributed by atoms with Crippen molar-refractivity contribution in [2.75, 3.05) is 41.5 Å². The Morgan fingerprint density at radius 2 is 1.63 bits per heavy atom. The molecule has 0 bridgehead atoms. The van der Waals surface area contributed by atoms with Gasteiger partial charge < -0.3 is 29.2 Å². The maximum Gasteiger partial charge on any atom is 0.318 e. The van der Waals surface area contributed by atoms with E-state index in [-0.39, 0.29) is 11.7 Å².